The lowest BCUT2D eigenvalue weighted by atomic mass is 9.67. The van der Waals surface area contributed by atoms with E-state index in [1.54, 1.807) is 0 Å². The van der Waals surface area contributed by atoms with Crippen LogP contribution < -0.4 is 5.32 Å². The quantitative estimate of drug-likeness (QED) is 0.804. The van der Waals surface area contributed by atoms with Crippen molar-refractivity contribution in [2.75, 3.05) is 7.05 Å². The second-order valence-corrected chi connectivity index (χ2v) is 9.49. The zero-order chi connectivity index (χ0) is 14.0. The van der Waals surface area contributed by atoms with E-state index in [2.05, 4.69) is 61.2 Å². The second-order valence-electron chi connectivity index (χ2n) is 6.94. The van der Waals surface area contributed by atoms with Crippen LogP contribution in [-0.2, 0) is 6.42 Å². The summed E-state index contributed by atoms with van der Waals surface area (Å²) in [6.07, 6.45) is 5.30. The van der Waals surface area contributed by atoms with Crippen molar-refractivity contribution in [2.24, 2.45) is 17.3 Å². The van der Waals surface area contributed by atoms with Gasteiger partial charge in [0.2, 0.25) is 0 Å². The van der Waals surface area contributed by atoms with Gasteiger partial charge in [0.15, 0.2) is 0 Å². The first-order chi connectivity index (χ1) is 8.90. The zero-order valence-corrected chi connectivity index (χ0v) is 14.9. The maximum atomic E-state index is 3.58. The predicted molar refractivity (Wildman–Crippen MR) is 88.9 cm³/mol. The Morgan fingerprint density at radius 1 is 1.32 bits per heavy atom. The van der Waals surface area contributed by atoms with Crippen LogP contribution in [0, 0.1) is 17.3 Å². The van der Waals surface area contributed by atoms with Gasteiger partial charge in [-0.3, -0.25) is 0 Å². The Morgan fingerprint density at radius 2 is 2.05 bits per heavy atom. The summed E-state index contributed by atoms with van der Waals surface area (Å²) in [4.78, 5) is 1.52. The van der Waals surface area contributed by atoms with Gasteiger partial charge in [-0.25, -0.2) is 0 Å². The van der Waals surface area contributed by atoms with Crippen LogP contribution in [0.5, 0.6) is 0 Å². The van der Waals surface area contributed by atoms with Gasteiger partial charge in [-0.05, 0) is 78.0 Å². The smallest absolute Gasteiger partial charge is 0.0701 e. The predicted octanol–water partition coefficient (Wildman–Crippen LogP) is 5.10. The lowest BCUT2D eigenvalue weighted by Crippen LogP contribution is -2.42. The van der Waals surface area contributed by atoms with Crippen LogP contribution in [0.1, 0.15) is 44.9 Å². The van der Waals surface area contributed by atoms with E-state index in [-0.39, 0.29) is 0 Å². The highest BCUT2D eigenvalue weighted by Gasteiger charge is 2.35. The summed E-state index contributed by atoms with van der Waals surface area (Å²) in [5.74, 6) is 1.65. The van der Waals surface area contributed by atoms with Crippen LogP contribution in [0.15, 0.2) is 15.9 Å². The third-order valence-electron chi connectivity index (χ3n) is 4.67. The minimum atomic E-state index is 0.451. The molecular weight excluding hydrogens is 318 g/mol. The van der Waals surface area contributed by atoms with E-state index in [1.807, 2.05) is 11.3 Å². The van der Waals surface area contributed by atoms with Crippen LogP contribution in [0.3, 0.4) is 0 Å². The summed E-state index contributed by atoms with van der Waals surface area (Å²) in [5, 5.41) is 3.55. The standard InChI is InChI=1S/C16H26BrNS/c1-16(2,3)12-5-7-14(18-4)11(9-12)10-13-6-8-15(17)19-13/h6,8,11-12,14,18H,5,7,9-10H2,1-4H3. The molecule has 0 aromatic carbocycles. The van der Waals surface area contributed by atoms with Gasteiger partial charge in [-0.15, -0.1) is 11.3 Å². The van der Waals surface area contributed by atoms with Crippen molar-refractivity contribution in [3.05, 3.63) is 20.8 Å². The lowest BCUT2D eigenvalue weighted by molar-refractivity contribution is 0.117. The van der Waals surface area contributed by atoms with Gasteiger partial charge in [-0.2, -0.15) is 0 Å². The van der Waals surface area contributed by atoms with E-state index in [4.69, 9.17) is 0 Å². The molecule has 0 radical (unpaired) electrons. The van der Waals surface area contributed by atoms with E-state index in [0.717, 1.165) is 11.8 Å². The van der Waals surface area contributed by atoms with Crippen molar-refractivity contribution in [3.8, 4) is 0 Å². The van der Waals surface area contributed by atoms with Crippen LogP contribution in [0.25, 0.3) is 0 Å². The Labute approximate surface area is 130 Å². The molecule has 1 nitrogen and oxygen atoms in total. The van der Waals surface area contributed by atoms with Crippen molar-refractivity contribution in [1.29, 1.82) is 0 Å². The van der Waals surface area contributed by atoms with Crippen molar-refractivity contribution < 1.29 is 0 Å². The number of rotatable bonds is 3. The third-order valence-corrected chi connectivity index (χ3v) is 6.32. The van der Waals surface area contributed by atoms with Gasteiger partial charge < -0.3 is 5.32 Å². The highest BCUT2D eigenvalue weighted by Crippen LogP contribution is 2.41. The monoisotopic (exact) mass is 343 g/mol. The summed E-state index contributed by atoms with van der Waals surface area (Å²) in [5.41, 5.74) is 0.451. The number of hydrogen-bond donors (Lipinski definition) is 1. The molecule has 1 heterocycles. The van der Waals surface area contributed by atoms with E-state index in [9.17, 15) is 0 Å². The molecule has 0 saturated heterocycles. The first-order valence-corrected chi connectivity index (χ1v) is 8.92. The summed E-state index contributed by atoms with van der Waals surface area (Å²) in [6, 6.07) is 5.15. The van der Waals surface area contributed by atoms with Gasteiger partial charge in [0, 0.05) is 10.9 Å². The molecule has 0 spiro atoms. The SMILES string of the molecule is CNC1CCC(C(C)(C)C)CC1Cc1ccc(Br)s1. The van der Waals surface area contributed by atoms with E-state index in [0.29, 0.717) is 11.5 Å². The van der Waals surface area contributed by atoms with Gasteiger partial charge in [0.1, 0.15) is 0 Å². The summed E-state index contributed by atoms with van der Waals surface area (Å²) >= 11 is 5.47. The molecule has 19 heavy (non-hydrogen) atoms. The highest BCUT2D eigenvalue weighted by molar-refractivity contribution is 9.11. The normalized spacial score (nSPS) is 28.6. The summed E-state index contributed by atoms with van der Waals surface area (Å²) in [6.45, 7) is 7.20. The Balaban J connectivity index is 2.05. The number of nitrogens with one attached hydrogen (secondary N) is 1. The fourth-order valence-corrected chi connectivity index (χ4v) is 4.95. The van der Waals surface area contributed by atoms with Crippen LogP contribution in [0.4, 0.5) is 0 Å². The van der Waals surface area contributed by atoms with Gasteiger partial charge in [-0.1, -0.05) is 20.8 Å². The fourth-order valence-electron chi connectivity index (χ4n) is 3.38. The molecule has 2 rings (SSSR count). The molecule has 0 amide bonds. The fraction of sp³-hybridized carbons (Fsp3) is 0.750. The molecule has 1 aliphatic carbocycles. The molecule has 0 aliphatic heterocycles. The molecule has 1 saturated carbocycles. The largest absolute Gasteiger partial charge is 0.317 e. The molecule has 1 aromatic rings. The minimum absolute atomic E-state index is 0.451. The molecule has 3 unspecified atom stereocenters. The van der Waals surface area contributed by atoms with Crippen molar-refractivity contribution in [2.45, 2.75) is 52.5 Å². The Hall–Kier alpha value is 0.140. The third kappa shape index (κ3) is 4.05. The summed E-state index contributed by atoms with van der Waals surface area (Å²) < 4.78 is 1.26. The zero-order valence-electron chi connectivity index (χ0n) is 12.5. The Bertz CT molecular complexity index is 407. The van der Waals surface area contributed by atoms with Gasteiger partial charge in [0.25, 0.3) is 0 Å². The van der Waals surface area contributed by atoms with Crippen LogP contribution in [-0.4, -0.2) is 13.1 Å². The number of halogens is 1. The maximum Gasteiger partial charge on any atom is 0.0701 e. The maximum absolute atomic E-state index is 3.58. The average molecular weight is 344 g/mol. The second kappa shape index (κ2) is 6.28. The topological polar surface area (TPSA) is 12.0 Å². The molecule has 3 heteroatoms. The molecule has 1 aliphatic rings. The number of thiophene rings is 1. The lowest BCUT2D eigenvalue weighted by Gasteiger charge is -2.42. The molecule has 3 atom stereocenters. The highest BCUT2D eigenvalue weighted by atomic mass is 79.9. The Kier molecular flexibility index (Phi) is 5.13. The van der Waals surface area contributed by atoms with E-state index >= 15 is 0 Å². The molecular formula is C16H26BrNS. The molecule has 108 valence electrons. The Morgan fingerprint density at radius 3 is 2.58 bits per heavy atom. The molecule has 1 aromatic heterocycles. The summed E-state index contributed by atoms with van der Waals surface area (Å²) in [7, 11) is 2.12. The van der Waals surface area contributed by atoms with Crippen molar-refractivity contribution in [3.63, 3.8) is 0 Å². The van der Waals surface area contributed by atoms with Gasteiger partial charge >= 0.3 is 0 Å². The van der Waals surface area contributed by atoms with Crippen molar-refractivity contribution >= 4 is 27.3 Å². The van der Waals surface area contributed by atoms with Crippen LogP contribution >= 0.6 is 27.3 Å². The molecule has 1 fully saturated rings. The average Bonchev–Trinajstić information content (AvgIpc) is 2.73. The van der Waals surface area contributed by atoms with Gasteiger partial charge in [0.05, 0.1) is 3.79 Å². The number of hydrogen-bond acceptors (Lipinski definition) is 2. The minimum Gasteiger partial charge on any atom is -0.317 e. The van der Waals surface area contributed by atoms with Crippen molar-refractivity contribution in [1.82, 2.24) is 5.32 Å². The first-order valence-electron chi connectivity index (χ1n) is 7.31. The molecule has 0 bridgehead atoms. The van der Waals surface area contributed by atoms with E-state index < -0.39 is 0 Å². The van der Waals surface area contributed by atoms with E-state index in [1.165, 1.54) is 34.3 Å². The van der Waals surface area contributed by atoms with Crippen LogP contribution in [0.2, 0.25) is 0 Å². The molecule has 1 N–H and O–H groups in total. The first kappa shape index (κ1) is 15.5.